The van der Waals surface area contributed by atoms with Gasteiger partial charge in [-0.25, -0.2) is 4.99 Å². The van der Waals surface area contributed by atoms with Gasteiger partial charge in [-0.3, -0.25) is 4.98 Å². The summed E-state index contributed by atoms with van der Waals surface area (Å²) in [4.78, 5) is 8.71. The summed E-state index contributed by atoms with van der Waals surface area (Å²) >= 11 is 0. The Morgan fingerprint density at radius 1 is 1.39 bits per heavy atom. The minimum Gasteiger partial charge on any atom is -0.370 e. The zero-order chi connectivity index (χ0) is 13.0. The summed E-state index contributed by atoms with van der Waals surface area (Å²) in [5, 5.41) is 3.20. The molecule has 0 atom stereocenters. The van der Waals surface area contributed by atoms with Crippen molar-refractivity contribution in [2.75, 3.05) is 6.54 Å². The van der Waals surface area contributed by atoms with E-state index in [1.54, 1.807) is 0 Å². The van der Waals surface area contributed by atoms with Crippen molar-refractivity contribution in [3.8, 4) is 0 Å². The maximum Gasteiger partial charge on any atom is 0.188 e. The summed E-state index contributed by atoms with van der Waals surface area (Å²) in [6.07, 6.45) is 4.00. The van der Waals surface area contributed by atoms with Crippen molar-refractivity contribution in [3.05, 3.63) is 29.1 Å². The highest BCUT2D eigenvalue weighted by molar-refractivity contribution is 5.77. The highest BCUT2D eigenvalue weighted by Gasteiger charge is 2.16. The third kappa shape index (κ3) is 3.72. The lowest BCUT2D eigenvalue weighted by Gasteiger charge is -2.25. The lowest BCUT2D eigenvalue weighted by Crippen LogP contribution is -2.37. The highest BCUT2D eigenvalue weighted by Crippen LogP contribution is 2.24. The smallest absolute Gasteiger partial charge is 0.188 e. The van der Waals surface area contributed by atoms with E-state index in [-0.39, 0.29) is 0 Å². The van der Waals surface area contributed by atoms with Gasteiger partial charge in [0.25, 0.3) is 0 Å². The molecule has 1 aromatic rings. The zero-order valence-electron chi connectivity index (χ0n) is 11.2. The lowest BCUT2D eigenvalue weighted by molar-refractivity contribution is 0.315. The molecule has 0 amide bonds. The molecule has 1 fully saturated rings. The van der Waals surface area contributed by atoms with E-state index >= 15 is 0 Å². The molecular weight excluding hydrogens is 224 g/mol. The fourth-order valence-electron chi connectivity index (χ4n) is 2.19. The van der Waals surface area contributed by atoms with Crippen LogP contribution in [0.1, 0.15) is 36.2 Å². The van der Waals surface area contributed by atoms with Gasteiger partial charge in [-0.15, -0.1) is 0 Å². The van der Waals surface area contributed by atoms with E-state index in [0.717, 1.165) is 29.4 Å². The van der Waals surface area contributed by atoms with Crippen LogP contribution in [0.15, 0.2) is 17.1 Å². The van der Waals surface area contributed by atoms with Crippen LogP contribution in [-0.4, -0.2) is 17.5 Å². The van der Waals surface area contributed by atoms with Gasteiger partial charge >= 0.3 is 0 Å². The number of pyridine rings is 1. The topological polar surface area (TPSA) is 63.3 Å². The van der Waals surface area contributed by atoms with E-state index < -0.39 is 0 Å². The first-order valence-electron chi connectivity index (χ1n) is 6.61. The molecule has 0 saturated heterocycles. The third-order valence-corrected chi connectivity index (χ3v) is 3.37. The molecule has 4 heteroatoms. The number of hydrogen-bond donors (Lipinski definition) is 2. The van der Waals surface area contributed by atoms with E-state index in [1.165, 1.54) is 19.3 Å². The quantitative estimate of drug-likeness (QED) is 0.630. The van der Waals surface area contributed by atoms with Crippen molar-refractivity contribution in [1.82, 2.24) is 10.3 Å². The molecule has 0 spiro atoms. The SMILES string of the molecule is Cc1cc(CN=C(N)NCC2CCC2)cc(C)n1. The fraction of sp³-hybridized carbons (Fsp3) is 0.571. The van der Waals surface area contributed by atoms with Gasteiger partial charge in [-0.1, -0.05) is 6.42 Å². The molecule has 0 unspecified atom stereocenters. The van der Waals surface area contributed by atoms with Crippen LogP contribution < -0.4 is 11.1 Å². The van der Waals surface area contributed by atoms with Crippen LogP contribution in [0.25, 0.3) is 0 Å². The van der Waals surface area contributed by atoms with Gasteiger partial charge in [-0.05, 0) is 50.3 Å². The van der Waals surface area contributed by atoms with E-state index in [9.17, 15) is 0 Å². The number of aryl methyl sites for hydroxylation is 2. The van der Waals surface area contributed by atoms with Crippen molar-refractivity contribution in [2.24, 2.45) is 16.6 Å². The van der Waals surface area contributed by atoms with Gasteiger partial charge in [0.15, 0.2) is 5.96 Å². The average Bonchev–Trinajstić information content (AvgIpc) is 2.23. The summed E-state index contributed by atoms with van der Waals surface area (Å²) < 4.78 is 0. The van der Waals surface area contributed by atoms with Crippen LogP contribution in [0, 0.1) is 19.8 Å². The number of nitrogens with zero attached hydrogens (tertiary/aromatic N) is 2. The van der Waals surface area contributed by atoms with E-state index in [1.807, 2.05) is 13.8 Å². The monoisotopic (exact) mass is 246 g/mol. The van der Waals surface area contributed by atoms with Gasteiger partial charge in [0, 0.05) is 17.9 Å². The predicted molar refractivity (Wildman–Crippen MR) is 74.4 cm³/mol. The maximum absolute atomic E-state index is 5.85. The molecule has 1 saturated carbocycles. The van der Waals surface area contributed by atoms with Crippen molar-refractivity contribution in [2.45, 2.75) is 39.7 Å². The molecule has 0 bridgehead atoms. The Kier molecular flexibility index (Phi) is 4.18. The molecule has 0 aromatic carbocycles. The van der Waals surface area contributed by atoms with Crippen LogP contribution in [0.2, 0.25) is 0 Å². The molecule has 1 aliphatic rings. The standard InChI is InChI=1S/C14H22N4/c1-10-6-13(7-11(2)18-10)9-17-14(15)16-8-12-4-3-5-12/h6-7,12H,3-5,8-9H2,1-2H3,(H3,15,16,17). The number of aliphatic imine (C=N–C) groups is 1. The van der Waals surface area contributed by atoms with E-state index in [0.29, 0.717) is 12.5 Å². The number of guanidine groups is 1. The largest absolute Gasteiger partial charge is 0.370 e. The summed E-state index contributed by atoms with van der Waals surface area (Å²) in [7, 11) is 0. The molecule has 0 radical (unpaired) electrons. The van der Waals surface area contributed by atoms with Gasteiger partial charge in [0.05, 0.1) is 6.54 Å². The molecular formula is C14H22N4. The van der Waals surface area contributed by atoms with Crippen LogP contribution in [0.4, 0.5) is 0 Å². The Bertz CT molecular complexity index is 415. The van der Waals surface area contributed by atoms with E-state index in [4.69, 9.17) is 5.73 Å². The third-order valence-electron chi connectivity index (χ3n) is 3.37. The maximum atomic E-state index is 5.85. The van der Waals surface area contributed by atoms with Crippen molar-refractivity contribution >= 4 is 5.96 Å². The van der Waals surface area contributed by atoms with E-state index in [2.05, 4.69) is 27.4 Å². The number of rotatable bonds is 4. The molecule has 2 rings (SSSR count). The van der Waals surface area contributed by atoms with Crippen LogP contribution >= 0.6 is 0 Å². The Balaban J connectivity index is 1.84. The number of nitrogens with two attached hydrogens (primary N) is 1. The molecule has 98 valence electrons. The van der Waals surface area contributed by atoms with Gasteiger partial charge in [0.2, 0.25) is 0 Å². The van der Waals surface area contributed by atoms with Crippen molar-refractivity contribution in [1.29, 1.82) is 0 Å². The zero-order valence-corrected chi connectivity index (χ0v) is 11.2. The lowest BCUT2D eigenvalue weighted by atomic mass is 9.85. The Morgan fingerprint density at radius 2 is 2.06 bits per heavy atom. The molecule has 18 heavy (non-hydrogen) atoms. The Morgan fingerprint density at radius 3 is 2.61 bits per heavy atom. The minimum atomic E-state index is 0.550. The Labute approximate surface area is 109 Å². The van der Waals surface area contributed by atoms with Gasteiger partial charge in [-0.2, -0.15) is 0 Å². The second kappa shape index (κ2) is 5.85. The number of hydrogen-bond acceptors (Lipinski definition) is 2. The molecule has 3 N–H and O–H groups in total. The second-order valence-corrected chi connectivity index (χ2v) is 5.14. The van der Waals surface area contributed by atoms with Gasteiger partial charge < -0.3 is 11.1 Å². The summed E-state index contributed by atoms with van der Waals surface area (Å²) in [6, 6.07) is 4.10. The number of aromatic nitrogens is 1. The molecule has 0 aliphatic heterocycles. The summed E-state index contributed by atoms with van der Waals surface area (Å²) in [5.41, 5.74) is 9.07. The fourth-order valence-corrected chi connectivity index (χ4v) is 2.19. The minimum absolute atomic E-state index is 0.550. The normalized spacial score (nSPS) is 16.4. The summed E-state index contributed by atoms with van der Waals surface area (Å²) in [6.45, 7) is 5.58. The van der Waals surface area contributed by atoms with Crippen molar-refractivity contribution < 1.29 is 0 Å². The predicted octanol–water partition coefficient (Wildman–Crippen LogP) is 1.90. The second-order valence-electron chi connectivity index (χ2n) is 5.14. The first kappa shape index (κ1) is 12.9. The first-order valence-corrected chi connectivity index (χ1v) is 6.61. The highest BCUT2D eigenvalue weighted by atomic mass is 15.1. The molecule has 4 nitrogen and oxygen atoms in total. The molecule has 1 aliphatic carbocycles. The van der Waals surface area contributed by atoms with Crippen molar-refractivity contribution in [3.63, 3.8) is 0 Å². The first-order chi connectivity index (χ1) is 8.63. The number of nitrogens with one attached hydrogen (secondary N) is 1. The average molecular weight is 246 g/mol. The summed E-state index contributed by atoms with van der Waals surface area (Å²) in [5.74, 6) is 1.35. The van der Waals surface area contributed by atoms with Crippen LogP contribution in [0.3, 0.4) is 0 Å². The molecule has 1 aromatic heterocycles. The van der Waals surface area contributed by atoms with Crippen LogP contribution in [-0.2, 0) is 6.54 Å². The Hall–Kier alpha value is -1.58. The van der Waals surface area contributed by atoms with Crippen LogP contribution in [0.5, 0.6) is 0 Å². The van der Waals surface area contributed by atoms with Gasteiger partial charge in [0.1, 0.15) is 0 Å². The molecule has 1 heterocycles.